The largest absolute Gasteiger partial charge is 0.491 e. The van der Waals surface area contributed by atoms with Crippen LogP contribution in [0, 0.1) is 0 Å². The van der Waals surface area contributed by atoms with Crippen molar-refractivity contribution in [2.75, 3.05) is 264 Å². The van der Waals surface area contributed by atoms with Gasteiger partial charge in [-0.25, -0.2) is 0 Å². The highest BCUT2D eigenvalue weighted by molar-refractivity contribution is 5.76. The minimum atomic E-state index is 0.447. The Morgan fingerprint density at radius 3 is 0.374 bits per heavy atom. The van der Waals surface area contributed by atoms with Crippen molar-refractivity contribution in [1.82, 2.24) is 0 Å². The molecule has 0 spiro atoms. The normalized spacial score (nSPS) is 19.1. The lowest BCUT2D eigenvalue weighted by molar-refractivity contribution is -0.0264. The smallest absolute Gasteiger partial charge is 0.119 e. The summed E-state index contributed by atoms with van der Waals surface area (Å²) in [4.78, 5) is 0. The van der Waals surface area contributed by atoms with Crippen molar-refractivity contribution in [3.05, 3.63) is 158 Å². The maximum Gasteiger partial charge on any atom is 0.119 e. The molecule has 7 aliphatic rings. The van der Waals surface area contributed by atoms with Gasteiger partial charge < -0.3 is 99.5 Å². The molecule has 0 saturated heterocycles. The summed E-state index contributed by atoms with van der Waals surface area (Å²) >= 11 is 0. The van der Waals surface area contributed by atoms with Crippen LogP contribution in [0.25, 0.3) is 55.6 Å². The van der Waals surface area contributed by atoms with E-state index in [9.17, 15) is 0 Å². The third kappa shape index (κ3) is 37.9. The monoisotopic (exact) mass is 1380 g/mol. The molecule has 0 N–H and O–H groups in total. The second-order valence-corrected chi connectivity index (χ2v) is 22.1. The lowest BCUT2D eigenvalue weighted by Crippen LogP contribution is -2.15. The van der Waals surface area contributed by atoms with Gasteiger partial charge in [0.25, 0.3) is 0 Å². The second-order valence-electron chi connectivity index (χ2n) is 22.1. The van der Waals surface area contributed by atoms with E-state index in [1.165, 1.54) is 22.3 Å². The highest BCUT2D eigenvalue weighted by Gasteiger charge is 2.08. The van der Waals surface area contributed by atoms with Crippen LogP contribution in [0.15, 0.2) is 158 Å². The topological polar surface area (TPSA) is 194 Å². The van der Waals surface area contributed by atoms with Crippen LogP contribution >= 0.6 is 0 Å². The number of hydrogen-bond acceptors (Lipinski definition) is 21. The van der Waals surface area contributed by atoms with E-state index in [1.807, 2.05) is 36.4 Å². The van der Waals surface area contributed by atoms with Crippen LogP contribution in [0.4, 0.5) is 0 Å². The lowest BCUT2D eigenvalue weighted by atomic mass is 9.96. The van der Waals surface area contributed by atoms with Crippen molar-refractivity contribution < 1.29 is 99.5 Å². The van der Waals surface area contributed by atoms with E-state index in [2.05, 4.69) is 121 Å². The number of rotatable bonds is 0. The molecular formula is C78H106O21. The Morgan fingerprint density at radius 2 is 0.232 bits per heavy atom. The molecule has 7 aliphatic heterocycles. The van der Waals surface area contributed by atoms with Crippen LogP contribution in [0.5, 0.6) is 11.5 Å². The minimum Gasteiger partial charge on any atom is -0.491 e. The molecule has 21 heteroatoms. The number of ether oxygens (including phenoxy) is 21. The summed E-state index contributed by atoms with van der Waals surface area (Å²) in [5.41, 5.74) is 11.5. The van der Waals surface area contributed by atoms with Gasteiger partial charge in [0.1, 0.15) is 24.7 Å². The molecule has 0 aliphatic carbocycles. The Bertz CT molecular complexity index is 2860. The zero-order valence-corrected chi connectivity index (χ0v) is 57.9. The zero-order chi connectivity index (χ0) is 68.4. The third-order valence-electron chi connectivity index (χ3n) is 14.8. The van der Waals surface area contributed by atoms with E-state index in [-0.39, 0.29) is 0 Å². The molecule has 0 unspecified atom stereocenters. The molecule has 6 aromatic carbocycles. The maximum absolute atomic E-state index is 5.93. The second kappa shape index (κ2) is 55.6. The maximum atomic E-state index is 5.93. The first-order chi connectivity index (χ1) is 49.3. The van der Waals surface area contributed by atoms with Gasteiger partial charge in [0.2, 0.25) is 0 Å². The fourth-order valence-electron chi connectivity index (χ4n) is 9.52. The van der Waals surface area contributed by atoms with E-state index in [0.29, 0.717) is 264 Å². The standard InChI is InChI=1S/C78H106O21/c1-2-28-80-30-32-82-34-36-84-38-40-86-42-44-88-47-49-90-51-53-92-55-57-94-59-61-96-63-65-98-77-23-19-75(20-24-77)73-15-11-71(12-16-73)69-7-3-67(4-8-69)68-5-9-70(10-6-68)72-13-17-74(18-14-72)76-21-25-78(26-22-76)99-66-64-97-62-60-95-58-56-93-54-52-91-50-48-89-46-45-87-43-41-85-39-37-83-35-33-81-31-29-79-27-1/h1-26H,27-66H2. The molecule has 0 saturated carbocycles. The zero-order valence-electron chi connectivity index (χ0n) is 57.9. The Labute approximate surface area is 586 Å². The van der Waals surface area contributed by atoms with E-state index in [4.69, 9.17) is 99.5 Å². The summed E-state index contributed by atoms with van der Waals surface area (Å²) in [5.74, 6) is 1.59. The minimum absolute atomic E-state index is 0.447. The number of fused-ring (bicyclic) bond motifs is 6. The molecule has 0 atom stereocenters. The summed E-state index contributed by atoms with van der Waals surface area (Å²) in [6.07, 6.45) is 3.85. The van der Waals surface area contributed by atoms with E-state index in [1.54, 1.807) is 0 Å². The molecule has 0 fully saturated rings. The van der Waals surface area contributed by atoms with Crippen LogP contribution < -0.4 is 9.47 Å². The van der Waals surface area contributed by atoms with Gasteiger partial charge in [0, 0.05) is 0 Å². The van der Waals surface area contributed by atoms with Gasteiger partial charge in [-0.15, -0.1) is 0 Å². The van der Waals surface area contributed by atoms with Gasteiger partial charge in [0.15, 0.2) is 0 Å². The van der Waals surface area contributed by atoms with Gasteiger partial charge in [-0.05, 0) is 79.9 Å². The highest BCUT2D eigenvalue weighted by atomic mass is 16.6. The van der Waals surface area contributed by atoms with Crippen LogP contribution in [0.2, 0.25) is 0 Å². The average molecular weight is 1380 g/mol. The summed E-state index contributed by atoms with van der Waals surface area (Å²) in [6, 6.07) is 51.2. The molecule has 6 aromatic rings. The first-order valence-corrected chi connectivity index (χ1v) is 34.8. The molecule has 0 aromatic heterocycles. The van der Waals surface area contributed by atoms with Crippen LogP contribution in [-0.2, 0) is 90.0 Å². The summed E-state index contributed by atoms with van der Waals surface area (Å²) in [7, 11) is 0. The average Bonchev–Trinajstić information content (AvgIpc) is 0.942. The van der Waals surface area contributed by atoms with Crippen molar-refractivity contribution in [3.63, 3.8) is 0 Å². The highest BCUT2D eigenvalue weighted by Crippen LogP contribution is 2.31. The van der Waals surface area contributed by atoms with Crippen molar-refractivity contribution >= 4 is 0 Å². The Balaban J connectivity index is 0.718. The summed E-state index contributed by atoms with van der Waals surface area (Å²) in [5, 5.41) is 0. The summed E-state index contributed by atoms with van der Waals surface area (Å²) < 4.78 is 118. The molecular weight excluding hydrogens is 1270 g/mol. The van der Waals surface area contributed by atoms with Crippen molar-refractivity contribution in [2.45, 2.75) is 0 Å². The van der Waals surface area contributed by atoms with Gasteiger partial charge in [0.05, 0.1) is 251 Å². The van der Waals surface area contributed by atoms with Crippen LogP contribution in [0.1, 0.15) is 0 Å². The quantitative estimate of drug-likeness (QED) is 0.130. The molecule has 544 valence electrons. The fourth-order valence-corrected chi connectivity index (χ4v) is 9.52. The molecule has 0 amide bonds. The molecule has 0 radical (unpaired) electrons. The molecule has 13 rings (SSSR count). The van der Waals surface area contributed by atoms with Gasteiger partial charge in [-0.1, -0.05) is 133 Å². The Kier molecular flexibility index (Phi) is 45.0. The first kappa shape index (κ1) is 80.2. The predicted molar refractivity (Wildman–Crippen MR) is 379 cm³/mol. The molecule has 7 heterocycles. The lowest BCUT2D eigenvalue weighted by Gasteiger charge is -2.10. The van der Waals surface area contributed by atoms with Crippen LogP contribution in [0.3, 0.4) is 0 Å². The molecule has 21 nitrogen and oxygen atoms in total. The van der Waals surface area contributed by atoms with Gasteiger partial charge in [-0.3, -0.25) is 0 Å². The van der Waals surface area contributed by atoms with Crippen LogP contribution in [-0.4, -0.2) is 264 Å². The Morgan fingerprint density at radius 1 is 0.121 bits per heavy atom. The Hall–Kier alpha value is -6.10. The first-order valence-electron chi connectivity index (χ1n) is 34.8. The van der Waals surface area contributed by atoms with Crippen molar-refractivity contribution in [2.24, 2.45) is 0 Å². The molecule has 12 bridgehead atoms. The fraction of sp³-hybridized carbons (Fsp3) is 0.513. The number of hydrogen-bond donors (Lipinski definition) is 0. The third-order valence-corrected chi connectivity index (χ3v) is 14.8. The van der Waals surface area contributed by atoms with E-state index in [0.717, 1.165) is 44.9 Å². The SMILES string of the molecule is C1=CCOCCOCCOCCOCCOCCOCCOCCOCCOCCOc2ccc(cc2)-c2ccc(cc2)-c2ccc(cc2)-c2ccc(cc2)-c2ccc(cc2)-c2ccc(cc2)OCCOCCOCCOCCOCCOCCOCCOCCOCCOCCOC1. The predicted octanol–water partition coefficient (Wildman–Crippen LogP) is 10.7. The van der Waals surface area contributed by atoms with E-state index < -0.39 is 0 Å². The van der Waals surface area contributed by atoms with Crippen molar-refractivity contribution in [1.29, 1.82) is 0 Å². The summed E-state index contributed by atoms with van der Waals surface area (Å²) in [6.45, 7) is 19.3. The van der Waals surface area contributed by atoms with Gasteiger partial charge in [-0.2, -0.15) is 0 Å². The van der Waals surface area contributed by atoms with E-state index >= 15 is 0 Å². The molecule has 99 heavy (non-hydrogen) atoms. The van der Waals surface area contributed by atoms with Crippen molar-refractivity contribution in [3.8, 4) is 67.1 Å². The van der Waals surface area contributed by atoms with Gasteiger partial charge >= 0.3 is 0 Å². The number of benzene rings is 6.